The van der Waals surface area contributed by atoms with E-state index >= 15 is 0 Å². The number of phenolic OH excluding ortho intramolecular Hbond substituents is 1. The fourth-order valence-corrected chi connectivity index (χ4v) is 4.25. The maximum absolute atomic E-state index is 9.94. The Bertz CT molecular complexity index is 619. The van der Waals surface area contributed by atoms with Crippen LogP contribution < -0.4 is 4.74 Å². The molecule has 2 heteroatoms. The molecule has 1 aromatic carbocycles. The highest BCUT2D eigenvalue weighted by Crippen LogP contribution is 2.38. The maximum atomic E-state index is 9.94. The molecule has 1 heterocycles. The molecule has 0 saturated heterocycles. The van der Waals surface area contributed by atoms with Crippen LogP contribution in [0, 0.1) is 17.8 Å². The number of aromatic hydroxyl groups is 1. The summed E-state index contributed by atoms with van der Waals surface area (Å²) >= 11 is 0. The lowest BCUT2D eigenvalue weighted by Gasteiger charge is -2.32. The van der Waals surface area contributed by atoms with Gasteiger partial charge in [-0.1, -0.05) is 78.7 Å². The number of hydrogen-bond acceptors (Lipinski definition) is 2. The van der Waals surface area contributed by atoms with Gasteiger partial charge < -0.3 is 9.84 Å². The molecular formula is C26H42O2. The summed E-state index contributed by atoms with van der Waals surface area (Å²) in [5.41, 5.74) is 0.543. The summed E-state index contributed by atoms with van der Waals surface area (Å²) in [5.74, 6) is 3.60. The minimum absolute atomic E-state index is 0.258. The van der Waals surface area contributed by atoms with Gasteiger partial charge in [-0.2, -0.15) is 0 Å². The average molecular weight is 387 g/mol. The first kappa shape index (κ1) is 22.8. The lowest BCUT2D eigenvalue weighted by atomic mass is 9.89. The first-order valence-electron chi connectivity index (χ1n) is 11.5. The molecule has 1 N–H and O–H groups in total. The van der Waals surface area contributed by atoms with Crippen molar-refractivity contribution < 1.29 is 9.84 Å². The standard InChI is InChI=1S/C26H42O2/c1-20(2)10-6-11-21(3)12-7-13-22(4)14-9-18-26(5)19-17-23-24(27)15-8-16-25(23)28-26/h8,15-17,19-22,27H,6-7,9-14,18H2,1-5H3. The third-order valence-electron chi connectivity index (χ3n) is 6.23. The van der Waals surface area contributed by atoms with Crippen LogP contribution in [0.25, 0.3) is 6.08 Å². The number of rotatable bonds is 12. The molecule has 0 radical (unpaired) electrons. The van der Waals surface area contributed by atoms with Gasteiger partial charge in [0.15, 0.2) is 0 Å². The van der Waals surface area contributed by atoms with E-state index in [4.69, 9.17) is 4.74 Å². The molecule has 0 aromatic heterocycles. The van der Waals surface area contributed by atoms with Gasteiger partial charge in [0.2, 0.25) is 0 Å². The number of phenols is 1. The van der Waals surface area contributed by atoms with E-state index in [0.717, 1.165) is 35.5 Å². The largest absolute Gasteiger partial charge is 0.507 e. The predicted molar refractivity (Wildman–Crippen MR) is 121 cm³/mol. The quantitative estimate of drug-likeness (QED) is 0.394. The van der Waals surface area contributed by atoms with E-state index in [2.05, 4.69) is 40.7 Å². The molecule has 28 heavy (non-hydrogen) atoms. The maximum Gasteiger partial charge on any atom is 0.131 e. The van der Waals surface area contributed by atoms with Gasteiger partial charge in [-0.15, -0.1) is 0 Å². The zero-order chi connectivity index (χ0) is 20.6. The van der Waals surface area contributed by atoms with Crippen molar-refractivity contribution in [2.24, 2.45) is 17.8 Å². The van der Waals surface area contributed by atoms with E-state index in [9.17, 15) is 5.11 Å². The van der Waals surface area contributed by atoms with Crippen LogP contribution in [-0.2, 0) is 0 Å². The van der Waals surface area contributed by atoms with Crippen molar-refractivity contribution in [3.8, 4) is 11.5 Å². The minimum Gasteiger partial charge on any atom is -0.507 e. The molecule has 1 aliphatic heterocycles. The van der Waals surface area contributed by atoms with Crippen LogP contribution in [0.4, 0.5) is 0 Å². The summed E-state index contributed by atoms with van der Waals surface area (Å²) in [6.45, 7) is 11.6. The molecule has 0 saturated carbocycles. The summed E-state index contributed by atoms with van der Waals surface area (Å²) in [4.78, 5) is 0. The highest BCUT2D eigenvalue weighted by atomic mass is 16.5. The second-order valence-electron chi connectivity index (χ2n) is 9.80. The van der Waals surface area contributed by atoms with Crippen LogP contribution in [0.5, 0.6) is 11.5 Å². The van der Waals surface area contributed by atoms with Gasteiger partial charge in [0.05, 0.1) is 5.56 Å². The van der Waals surface area contributed by atoms with Gasteiger partial charge in [0.1, 0.15) is 17.1 Å². The van der Waals surface area contributed by atoms with Crippen LogP contribution in [0.1, 0.15) is 98.0 Å². The molecular weight excluding hydrogens is 344 g/mol. The molecule has 0 bridgehead atoms. The number of hydrogen-bond donors (Lipinski definition) is 1. The minimum atomic E-state index is -0.258. The highest BCUT2D eigenvalue weighted by molar-refractivity contribution is 5.66. The zero-order valence-electron chi connectivity index (χ0n) is 18.8. The Kier molecular flexibility index (Phi) is 8.92. The summed E-state index contributed by atoms with van der Waals surface area (Å²) in [6, 6.07) is 5.50. The number of benzene rings is 1. The van der Waals surface area contributed by atoms with Crippen molar-refractivity contribution in [3.63, 3.8) is 0 Å². The van der Waals surface area contributed by atoms with E-state index in [-0.39, 0.29) is 5.60 Å². The molecule has 158 valence electrons. The van der Waals surface area contributed by atoms with Crippen molar-refractivity contribution in [3.05, 3.63) is 29.8 Å². The van der Waals surface area contributed by atoms with Crippen molar-refractivity contribution in [1.29, 1.82) is 0 Å². The molecule has 0 spiro atoms. The summed E-state index contributed by atoms with van der Waals surface area (Å²) in [5, 5.41) is 9.94. The van der Waals surface area contributed by atoms with Crippen molar-refractivity contribution in [2.45, 2.75) is 98.0 Å². The van der Waals surface area contributed by atoms with Gasteiger partial charge in [-0.3, -0.25) is 0 Å². The first-order valence-corrected chi connectivity index (χ1v) is 11.5. The van der Waals surface area contributed by atoms with Crippen molar-refractivity contribution in [1.82, 2.24) is 0 Å². The van der Waals surface area contributed by atoms with Gasteiger partial charge in [-0.05, 0) is 61.8 Å². The topological polar surface area (TPSA) is 29.5 Å². The highest BCUT2D eigenvalue weighted by Gasteiger charge is 2.28. The molecule has 1 aliphatic rings. The van der Waals surface area contributed by atoms with E-state index < -0.39 is 0 Å². The molecule has 0 aliphatic carbocycles. The van der Waals surface area contributed by atoms with E-state index in [1.54, 1.807) is 6.07 Å². The van der Waals surface area contributed by atoms with Gasteiger partial charge in [0.25, 0.3) is 0 Å². The van der Waals surface area contributed by atoms with Crippen LogP contribution in [0.2, 0.25) is 0 Å². The van der Waals surface area contributed by atoms with Gasteiger partial charge in [-0.25, -0.2) is 0 Å². The van der Waals surface area contributed by atoms with Crippen molar-refractivity contribution in [2.75, 3.05) is 0 Å². The SMILES string of the molecule is CC(C)CCCC(C)CCCC(C)CCCC1(C)C=Cc2c(O)cccc2O1. The van der Waals surface area contributed by atoms with E-state index in [1.807, 2.05) is 18.2 Å². The van der Waals surface area contributed by atoms with E-state index in [0.29, 0.717) is 5.75 Å². The van der Waals surface area contributed by atoms with Crippen LogP contribution in [0.3, 0.4) is 0 Å². The summed E-state index contributed by atoms with van der Waals surface area (Å²) in [6.07, 6.45) is 15.8. The number of ether oxygens (including phenoxy) is 1. The Labute approximate surface area is 173 Å². The molecule has 2 rings (SSSR count). The first-order chi connectivity index (χ1) is 13.3. The molecule has 2 nitrogen and oxygen atoms in total. The Morgan fingerprint density at radius 2 is 1.50 bits per heavy atom. The second-order valence-corrected chi connectivity index (χ2v) is 9.80. The van der Waals surface area contributed by atoms with E-state index in [1.165, 1.54) is 51.4 Å². The summed E-state index contributed by atoms with van der Waals surface area (Å²) < 4.78 is 6.20. The lowest BCUT2D eigenvalue weighted by Crippen LogP contribution is -2.31. The molecule has 0 amide bonds. The predicted octanol–water partition coefficient (Wildman–Crippen LogP) is 8.00. The molecule has 3 unspecified atom stereocenters. The number of fused-ring (bicyclic) bond motifs is 1. The second kappa shape index (κ2) is 10.9. The molecule has 3 atom stereocenters. The Morgan fingerprint density at radius 1 is 0.893 bits per heavy atom. The van der Waals surface area contributed by atoms with Gasteiger partial charge >= 0.3 is 0 Å². The lowest BCUT2D eigenvalue weighted by molar-refractivity contribution is 0.122. The van der Waals surface area contributed by atoms with Crippen LogP contribution in [-0.4, -0.2) is 10.7 Å². The zero-order valence-corrected chi connectivity index (χ0v) is 18.8. The smallest absolute Gasteiger partial charge is 0.131 e. The molecule has 1 aromatic rings. The average Bonchev–Trinajstić information content (AvgIpc) is 2.61. The Balaban J connectivity index is 1.63. The summed E-state index contributed by atoms with van der Waals surface area (Å²) in [7, 11) is 0. The Morgan fingerprint density at radius 3 is 2.14 bits per heavy atom. The third kappa shape index (κ3) is 7.53. The third-order valence-corrected chi connectivity index (χ3v) is 6.23. The fourth-order valence-electron chi connectivity index (χ4n) is 4.25. The normalized spacial score (nSPS) is 20.6. The monoisotopic (exact) mass is 386 g/mol. The van der Waals surface area contributed by atoms with Crippen molar-refractivity contribution >= 4 is 6.08 Å². The van der Waals surface area contributed by atoms with Gasteiger partial charge in [0, 0.05) is 0 Å². The fraction of sp³-hybridized carbons (Fsp3) is 0.692. The molecule has 0 fully saturated rings. The van der Waals surface area contributed by atoms with Crippen LogP contribution in [0.15, 0.2) is 24.3 Å². The Hall–Kier alpha value is -1.44. The van der Waals surface area contributed by atoms with Crippen LogP contribution >= 0.6 is 0 Å².